The smallest absolute Gasteiger partial charge is 0.254 e. The van der Waals surface area contributed by atoms with E-state index < -0.39 is 0 Å². The van der Waals surface area contributed by atoms with Crippen LogP contribution in [0.5, 0.6) is 11.5 Å². The molecule has 0 spiro atoms. The zero-order valence-electron chi connectivity index (χ0n) is 10.1. The van der Waals surface area contributed by atoms with Crippen molar-refractivity contribution in [1.82, 2.24) is 4.90 Å². The number of halogens is 1. The minimum atomic E-state index is -0.144. The van der Waals surface area contributed by atoms with E-state index in [2.05, 4.69) is 22.9 Å². The van der Waals surface area contributed by atoms with E-state index in [-0.39, 0.29) is 23.4 Å². The summed E-state index contributed by atoms with van der Waals surface area (Å²) in [5.41, 5.74) is 0.326. The summed E-state index contributed by atoms with van der Waals surface area (Å²) in [6, 6.07) is 4.15. The van der Waals surface area contributed by atoms with Gasteiger partial charge in [-0.1, -0.05) is 22.9 Å². The normalized spacial score (nSPS) is 23.3. The number of carbonyl (C=O) groups excluding carboxylic acids is 1. The van der Waals surface area contributed by atoms with Crippen molar-refractivity contribution in [2.24, 2.45) is 5.92 Å². The van der Waals surface area contributed by atoms with Crippen LogP contribution in [0, 0.1) is 5.92 Å². The minimum Gasteiger partial charge on any atom is -0.508 e. The number of phenols is 2. The van der Waals surface area contributed by atoms with E-state index in [1.165, 1.54) is 18.2 Å². The first-order valence-electron chi connectivity index (χ1n) is 5.93. The molecular formula is C13H16BrNO3. The highest BCUT2D eigenvalue weighted by atomic mass is 79.9. The van der Waals surface area contributed by atoms with Crippen LogP contribution in [-0.4, -0.2) is 38.9 Å². The number of hydrogen-bond acceptors (Lipinski definition) is 3. The maximum absolute atomic E-state index is 12.3. The van der Waals surface area contributed by atoms with Gasteiger partial charge in [-0.2, -0.15) is 0 Å². The van der Waals surface area contributed by atoms with Crippen molar-refractivity contribution in [3.63, 3.8) is 0 Å². The second-order valence-electron chi connectivity index (χ2n) is 4.72. The van der Waals surface area contributed by atoms with Gasteiger partial charge >= 0.3 is 0 Å². The Kier molecular flexibility index (Phi) is 3.80. The summed E-state index contributed by atoms with van der Waals surface area (Å²) < 4.78 is 0. The second-order valence-corrected chi connectivity index (χ2v) is 5.37. The Morgan fingerprint density at radius 3 is 2.56 bits per heavy atom. The van der Waals surface area contributed by atoms with Gasteiger partial charge in [-0.05, 0) is 24.5 Å². The van der Waals surface area contributed by atoms with Crippen molar-refractivity contribution in [2.45, 2.75) is 19.4 Å². The maximum Gasteiger partial charge on any atom is 0.254 e. The van der Waals surface area contributed by atoms with Crippen molar-refractivity contribution in [3.05, 3.63) is 23.8 Å². The summed E-state index contributed by atoms with van der Waals surface area (Å²) in [5.74, 6) is 0.121. The van der Waals surface area contributed by atoms with Crippen molar-refractivity contribution in [3.8, 4) is 11.5 Å². The molecule has 4 nitrogen and oxygen atoms in total. The molecule has 0 radical (unpaired) electrons. The lowest BCUT2D eigenvalue weighted by atomic mass is 10.0. The Bertz CT molecular complexity index is 443. The Morgan fingerprint density at radius 2 is 2.00 bits per heavy atom. The molecule has 98 valence electrons. The number of alkyl halides is 1. The third-order valence-corrected chi connectivity index (χ3v) is 4.11. The molecule has 2 N–H and O–H groups in total. The van der Waals surface area contributed by atoms with Gasteiger partial charge in [0.25, 0.3) is 5.91 Å². The molecule has 18 heavy (non-hydrogen) atoms. The van der Waals surface area contributed by atoms with Gasteiger partial charge in [0, 0.05) is 29.5 Å². The van der Waals surface area contributed by atoms with E-state index in [9.17, 15) is 15.0 Å². The highest BCUT2D eigenvalue weighted by Gasteiger charge is 2.34. The number of rotatable bonds is 2. The van der Waals surface area contributed by atoms with E-state index in [4.69, 9.17) is 0 Å². The predicted molar refractivity (Wildman–Crippen MR) is 72.2 cm³/mol. The third-order valence-electron chi connectivity index (χ3n) is 3.45. The monoisotopic (exact) mass is 313 g/mol. The summed E-state index contributed by atoms with van der Waals surface area (Å²) >= 11 is 3.43. The van der Waals surface area contributed by atoms with E-state index >= 15 is 0 Å². The van der Waals surface area contributed by atoms with Crippen LogP contribution in [0.25, 0.3) is 0 Å². The summed E-state index contributed by atoms with van der Waals surface area (Å²) in [6.07, 6.45) is 0.979. The Hall–Kier alpha value is -1.23. The molecule has 1 aromatic carbocycles. The fourth-order valence-corrected chi connectivity index (χ4v) is 3.37. The van der Waals surface area contributed by atoms with Crippen LogP contribution in [0.4, 0.5) is 0 Å². The highest BCUT2D eigenvalue weighted by Crippen LogP contribution is 2.29. The standard InChI is InChI=1S/C13H16BrNO3/c1-8-2-3-15(12(8)7-14)13(18)9-4-10(16)6-11(17)5-9/h4-6,8,12,16-17H,2-3,7H2,1H3. The average Bonchev–Trinajstić information content (AvgIpc) is 2.68. The van der Waals surface area contributed by atoms with Gasteiger partial charge in [0.05, 0.1) is 0 Å². The number of phenolic OH excluding ortho intramolecular Hbond substituents is 2. The summed E-state index contributed by atoms with van der Waals surface area (Å²) in [7, 11) is 0. The summed E-state index contributed by atoms with van der Waals surface area (Å²) in [4.78, 5) is 14.1. The van der Waals surface area contributed by atoms with E-state index in [0.717, 1.165) is 11.8 Å². The Morgan fingerprint density at radius 1 is 1.39 bits per heavy atom. The van der Waals surface area contributed by atoms with Crippen molar-refractivity contribution < 1.29 is 15.0 Å². The molecule has 1 saturated heterocycles. The first-order valence-corrected chi connectivity index (χ1v) is 7.05. The van der Waals surface area contributed by atoms with Crippen LogP contribution >= 0.6 is 15.9 Å². The predicted octanol–water partition coefficient (Wildman–Crippen LogP) is 2.34. The van der Waals surface area contributed by atoms with Gasteiger partial charge in [-0.25, -0.2) is 0 Å². The lowest BCUT2D eigenvalue weighted by molar-refractivity contribution is 0.0738. The molecule has 5 heteroatoms. The number of nitrogens with zero attached hydrogens (tertiary/aromatic N) is 1. The first-order chi connectivity index (χ1) is 8.52. The quantitative estimate of drug-likeness (QED) is 0.824. The zero-order chi connectivity index (χ0) is 13.3. The number of carbonyl (C=O) groups is 1. The van der Waals surface area contributed by atoms with Crippen LogP contribution in [-0.2, 0) is 0 Å². The van der Waals surface area contributed by atoms with Crippen molar-refractivity contribution in [1.29, 1.82) is 0 Å². The Labute approximate surface area is 114 Å². The van der Waals surface area contributed by atoms with Gasteiger partial charge in [-0.15, -0.1) is 0 Å². The molecule has 1 aliphatic rings. The van der Waals surface area contributed by atoms with Gasteiger partial charge in [0.15, 0.2) is 0 Å². The van der Waals surface area contributed by atoms with Crippen LogP contribution in [0.1, 0.15) is 23.7 Å². The summed E-state index contributed by atoms with van der Waals surface area (Å²) in [6.45, 7) is 2.84. The average molecular weight is 314 g/mol. The molecule has 1 aliphatic heterocycles. The fourth-order valence-electron chi connectivity index (χ4n) is 2.38. The maximum atomic E-state index is 12.3. The molecular weight excluding hydrogens is 298 g/mol. The number of hydrogen-bond donors (Lipinski definition) is 2. The topological polar surface area (TPSA) is 60.8 Å². The largest absolute Gasteiger partial charge is 0.508 e. The molecule has 2 atom stereocenters. The van der Waals surface area contributed by atoms with Gasteiger partial charge < -0.3 is 15.1 Å². The number of amides is 1. The summed E-state index contributed by atoms with van der Waals surface area (Å²) in [5, 5.41) is 19.6. The van der Waals surface area contributed by atoms with Crippen molar-refractivity contribution in [2.75, 3.05) is 11.9 Å². The number of aromatic hydroxyl groups is 2. The second kappa shape index (κ2) is 5.18. The molecule has 1 heterocycles. The lowest BCUT2D eigenvalue weighted by Crippen LogP contribution is -2.38. The molecule has 0 bridgehead atoms. The fraction of sp³-hybridized carbons (Fsp3) is 0.462. The van der Waals surface area contributed by atoms with E-state index in [0.29, 0.717) is 18.0 Å². The third kappa shape index (κ3) is 2.46. The zero-order valence-corrected chi connectivity index (χ0v) is 11.7. The van der Waals surface area contributed by atoms with E-state index in [1.54, 1.807) is 4.90 Å². The van der Waals surface area contributed by atoms with Gasteiger partial charge in [-0.3, -0.25) is 4.79 Å². The molecule has 0 aromatic heterocycles. The lowest BCUT2D eigenvalue weighted by Gasteiger charge is -2.25. The molecule has 0 aliphatic carbocycles. The van der Waals surface area contributed by atoms with Crippen molar-refractivity contribution >= 4 is 21.8 Å². The van der Waals surface area contributed by atoms with Crippen LogP contribution in [0.3, 0.4) is 0 Å². The molecule has 2 rings (SSSR count). The molecule has 1 aromatic rings. The minimum absolute atomic E-state index is 0.0963. The first kappa shape index (κ1) is 13.2. The van der Waals surface area contributed by atoms with Crippen LogP contribution in [0.2, 0.25) is 0 Å². The number of benzene rings is 1. The van der Waals surface area contributed by atoms with Crippen LogP contribution in [0.15, 0.2) is 18.2 Å². The highest BCUT2D eigenvalue weighted by molar-refractivity contribution is 9.09. The SMILES string of the molecule is CC1CCN(C(=O)c2cc(O)cc(O)c2)C1CBr. The molecule has 2 unspecified atom stereocenters. The van der Waals surface area contributed by atoms with Gasteiger partial charge in [0.1, 0.15) is 11.5 Å². The number of likely N-dealkylation sites (tertiary alicyclic amines) is 1. The molecule has 1 amide bonds. The Balaban J connectivity index is 2.25. The molecule has 1 fully saturated rings. The van der Waals surface area contributed by atoms with Crippen LogP contribution < -0.4 is 0 Å². The van der Waals surface area contributed by atoms with E-state index in [1.807, 2.05) is 0 Å². The van der Waals surface area contributed by atoms with Gasteiger partial charge in [0.2, 0.25) is 0 Å². The molecule has 0 saturated carbocycles.